The summed E-state index contributed by atoms with van der Waals surface area (Å²) in [6.07, 6.45) is 7.42. The molecule has 0 heterocycles. The lowest BCUT2D eigenvalue weighted by Gasteiger charge is -2.54. The first kappa shape index (κ1) is 16.6. The van der Waals surface area contributed by atoms with E-state index in [2.05, 4.69) is 33.4 Å². The van der Waals surface area contributed by atoms with Gasteiger partial charge in [0.1, 0.15) is 5.75 Å². The molecule has 1 aromatic carbocycles. The summed E-state index contributed by atoms with van der Waals surface area (Å²) in [5, 5.41) is 3.88. The molecule has 22 heavy (non-hydrogen) atoms. The maximum Gasteiger partial charge on any atom is 0.123 e. The summed E-state index contributed by atoms with van der Waals surface area (Å²) < 4.78 is 6.63. The molecule has 0 spiro atoms. The Hall–Kier alpha value is -0.250. The van der Waals surface area contributed by atoms with Crippen LogP contribution in [-0.4, -0.2) is 13.2 Å². The van der Waals surface area contributed by atoms with Crippen LogP contribution in [0.4, 0.5) is 0 Å². The Balaban J connectivity index is 0.00000144. The van der Waals surface area contributed by atoms with E-state index in [1.807, 2.05) is 6.07 Å². The first-order chi connectivity index (χ1) is 10.2. The lowest BCUT2D eigenvalue weighted by atomic mass is 9.54. The molecule has 0 unspecified atom stereocenters. The van der Waals surface area contributed by atoms with Gasteiger partial charge >= 0.3 is 0 Å². The standard InChI is InChI=1S/C18H24BrNO.ClH/c1-21-17-3-2-16(19)9-15(17)10-20-18-13-5-11-4-12(7-13)8-14(18)6-11;/h2-3,9,11-14,18,20H,4-8,10H2,1H3;1H. The minimum atomic E-state index is 0. The van der Waals surface area contributed by atoms with Crippen LogP contribution in [-0.2, 0) is 6.54 Å². The van der Waals surface area contributed by atoms with E-state index >= 15 is 0 Å². The van der Waals surface area contributed by atoms with Crippen molar-refractivity contribution < 1.29 is 4.74 Å². The van der Waals surface area contributed by atoms with Crippen LogP contribution in [0.1, 0.15) is 37.7 Å². The molecular formula is C18H25BrClNO. The second kappa shape index (κ2) is 6.70. The maximum absolute atomic E-state index is 5.50. The summed E-state index contributed by atoms with van der Waals surface area (Å²) in [6, 6.07) is 7.02. The Kier molecular flexibility index (Phi) is 5.06. The number of nitrogens with one attached hydrogen (secondary N) is 1. The zero-order valence-corrected chi connectivity index (χ0v) is 15.5. The van der Waals surface area contributed by atoms with Gasteiger partial charge in [-0.3, -0.25) is 0 Å². The molecule has 4 aliphatic rings. The number of hydrogen-bond acceptors (Lipinski definition) is 2. The summed E-state index contributed by atoms with van der Waals surface area (Å²) in [5.74, 6) is 4.95. The zero-order chi connectivity index (χ0) is 14.4. The number of hydrogen-bond donors (Lipinski definition) is 1. The van der Waals surface area contributed by atoms with Crippen molar-refractivity contribution >= 4 is 28.3 Å². The Morgan fingerprint density at radius 3 is 2.32 bits per heavy atom. The van der Waals surface area contributed by atoms with Gasteiger partial charge in [0.15, 0.2) is 0 Å². The average Bonchev–Trinajstić information content (AvgIpc) is 2.46. The van der Waals surface area contributed by atoms with Gasteiger partial charge in [-0.15, -0.1) is 12.4 Å². The van der Waals surface area contributed by atoms with Gasteiger partial charge in [0.2, 0.25) is 0 Å². The third kappa shape index (κ3) is 3.05. The first-order valence-electron chi connectivity index (χ1n) is 8.28. The molecule has 0 atom stereocenters. The van der Waals surface area contributed by atoms with Gasteiger partial charge in [0.25, 0.3) is 0 Å². The fourth-order valence-electron chi connectivity index (χ4n) is 5.37. The molecule has 1 N–H and O–H groups in total. The van der Waals surface area contributed by atoms with Crippen LogP contribution in [0.3, 0.4) is 0 Å². The van der Waals surface area contributed by atoms with E-state index < -0.39 is 0 Å². The van der Waals surface area contributed by atoms with Crippen LogP contribution in [0.15, 0.2) is 22.7 Å². The molecule has 0 saturated heterocycles. The lowest BCUT2D eigenvalue weighted by molar-refractivity contribution is -0.0143. The zero-order valence-electron chi connectivity index (χ0n) is 13.1. The van der Waals surface area contributed by atoms with Gasteiger partial charge in [0, 0.05) is 22.6 Å². The van der Waals surface area contributed by atoms with Crippen molar-refractivity contribution in [2.24, 2.45) is 23.7 Å². The summed E-state index contributed by atoms with van der Waals surface area (Å²) in [7, 11) is 1.76. The Morgan fingerprint density at radius 1 is 1.09 bits per heavy atom. The van der Waals surface area contributed by atoms with Crippen LogP contribution >= 0.6 is 28.3 Å². The number of methoxy groups -OCH3 is 1. The summed E-state index contributed by atoms with van der Waals surface area (Å²) in [4.78, 5) is 0. The highest BCUT2D eigenvalue weighted by atomic mass is 79.9. The summed E-state index contributed by atoms with van der Waals surface area (Å²) in [6.45, 7) is 0.926. The molecule has 0 amide bonds. The van der Waals surface area contributed by atoms with Crippen LogP contribution < -0.4 is 10.1 Å². The molecule has 0 aliphatic heterocycles. The smallest absolute Gasteiger partial charge is 0.123 e. The van der Waals surface area contributed by atoms with Gasteiger partial charge in [-0.1, -0.05) is 15.9 Å². The van der Waals surface area contributed by atoms with E-state index in [4.69, 9.17) is 4.74 Å². The van der Waals surface area contributed by atoms with Crippen molar-refractivity contribution in [2.45, 2.75) is 44.7 Å². The van der Waals surface area contributed by atoms with Crippen molar-refractivity contribution in [1.29, 1.82) is 0 Å². The first-order valence-corrected chi connectivity index (χ1v) is 9.08. The van der Waals surface area contributed by atoms with E-state index in [9.17, 15) is 0 Å². The van der Waals surface area contributed by atoms with Crippen LogP contribution in [0, 0.1) is 23.7 Å². The van der Waals surface area contributed by atoms with Crippen LogP contribution in [0.2, 0.25) is 0 Å². The number of halogens is 2. The van der Waals surface area contributed by atoms with Gasteiger partial charge in [-0.2, -0.15) is 0 Å². The third-order valence-electron chi connectivity index (χ3n) is 6.00. The van der Waals surface area contributed by atoms with Gasteiger partial charge in [0.05, 0.1) is 7.11 Å². The minimum absolute atomic E-state index is 0. The Morgan fingerprint density at radius 2 is 1.73 bits per heavy atom. The highest BCUT2D eigenvalue weighted by Crippen LogP contribution is 2.53. The molecule has 4 bridgehead atoms. The molecule has 2 nitrogen and oxygen atoms in total. The molecule has 4 saturated carbocycles. The van der Waals surface area contributed by atoms with Gasteiger partial charge in [-0.25, -0.2) is 0 Å². The van der Waals surface area contributed by atoms with E-state index in [0.717, 1.165) is 46.5 Å². The van der Waals surface area contributed by atoms with Crippen LogP contribution in [0.25, 0.3) is 0 Å². The molecular weight excluding hydrogens is 362 g/mol. The Labute approximate surface area is 147 Å². The van der Waals surface area contributed by atoms with E-state index in [0.29, 0.717) is 0 Å². The molecule has 122 valence electrons. The Bertz CT molecular complexity index is 508. The third-order valence-corrected chi connectivity index (χ3v) is 6.49. The molecule has 4 heteroatoms. The molecule has 5 rings (SSSR count). The molecule has 4 aliphatic carbocycles. The topological polar surface area (TPSA) is 21.3 Å². The van der Waals surface area contributed by atoms with Crippen molar-refractivity contribution in [3.63, 3.8) is 0 Å². The van der Waals surface area contributed by atoms with Crippen molar-refractivity contribution in [1.82, 2.24) is 5.32 Å². The highest BCUT2D eigenvalue weighted by Gasteiger charge is 2.47. The largest absolute Gasteiger partial charge is 0.496 e. The average molecular weight is 387 g/mol. The van der Waals surface area contributed by atoms with Gasteiger partial charge < -0.3 is 10.1 Å². The predicted octanol–water partition coefficient (Wildman–Crippen LogP) is 4.79. The maximum atomic E-state index is 5.50. The fraction of sp³-hybridized carbons (Fsp3) is 0.667. The monoisotopic (exact) mass is 385 g/mol. The lowest BCUT2D eigenvalue weighted by Crippen LogP contribution is -2.54. The quantitative estimate of drug-likeness (QED) is 0.803. The SMILES string of the molecule is COc1ccc(Br)cc1CNC1C2CC3CC(C2)CC1C3.Cl. The van der Waals surface area contributed by atoms with Crippen molar-refractivity contribution in [3.8, 4) is 5.75 Å². The number of rotatable bonds is 4. The second-order valence-electron chi connectivity index (χ2n) is 7.29. The summed E-state index contributed by atoms with van der Waals surface area (Å²) >= 11 is 3.57. The normalized spacial score (nSPS) is 35.3. The second-order valence-corrected chi connectivity index (χ2v) is 8.21. The fourth-order valence-corrected chi connectivity index (χ4v) is 5.78. The number of benzene rings is 1. The van der Waals surface area contributed by atoms with Gasteiger partial charge in [-0.05, 0) is 74.0 Å². The van der Waals surface area contributed by atoms with E-state index in [1.54, 1.807) is 7.11 Å². The number of ether oxygens (including phenoxy) is 1. The van der Waals surface area contributed by atoms with Crippen molar-refractivity contribution in [3.05, 3.63) is 28.2 Å². The van der Waals surface area contributed by atoms with Crippen LogP contribution in [0.5, 0.6) is 5.75 Å². The molecule has 4 fully saturated rings. The highest BCUT2D eigenvalue weighted by molar-refractivity contribution is 9.10. The molecule has 1 aromatic rings. The van der Waals surface area contributed by atoms with E-state index in [-0.39, 0.29) is 12.4 Å². The summed E-state index contributed by atoms with van der Waals surface area (Å²) in [5.41, 5.74) is 1.26. The van der Waals surface area contributed by atoms with Crippen molar-refractivity contribution in [2.75, 3.05) is 7.11 Å². The van der Waals surface area contributed by atoms with E-state index in [1.165, 1.54) is 37.7 Å². The molecule has 0 radical (unpaired) electrons. The predicted molar refractivity (Wildman–Crippen MR) is 95.6 cm³/mol. The molecule has 0 aromatic heterocycles. The minimum Gasteiger partial charge on any atom is -0.496 e.